The van der Waals surface area contributed by atoms with Gasteiger partial charge in [-0.05, 0) is 36.1 Å². The van der Waals surface area contributed by atoms with E-state index in [2.05, 4.69) is 20.3 Å². The van der Waals surface area contributed by atoms with Crippen LogP contribution in [0.15, 0.2) is 23.3 Å². The van der Waals surface area contributed by atoms with Gasteiger partial charge in [0, 0.05) is 10.9 Å². The van der Waals surface area contributed by atoms with E-state index in [0.717, 1.165) is 6.42 Å². The maximum absolute atomic E-state index is 10.6. The summed E-state index contributed by atoms with van der Waals surface area (Å²) in [6, 6.07) is 0.283. The third kappa shape index (κ3) is 1.93. The summed E-state index contributed by atoms with van der Waals surface area (Å²) in [5.41, 5.74) is 3.90. The Kier molecular flexibility index (Phi) is 3.15. The molecule has 2 atom stereocenters. The van der Waals surface area contributed by atoms with Crippen LogP contribution in [-0.2, 0) is 0 Å². The molecule has 1 saturated carbocycles. The zero-order valence-corrected chi connectivity index (χ0v) is 12.4. The maximum atomic E-state index is 10.6. The highest BCUT2D eigenvalue weighted by Crippen LogP contribution is 2.44. The Morgan fingerprint density at radius 3 is 3.00 bits per heavy atom. The Morgan fingerprint density at radius 1 is 1.30 bits per heavy atom. The molecule has 20 heavy (non-hydrogen) atoms. The van der Waals surface area contributed by atoms with E-state index >= 15 is 0 Å². The highest BCUT2D eigenvalue weighted by atomic mass is 32.1. The second-order valence-corrected chi connectivity index (χ2v) is 6.89. The molecule has 1 aliphatic carbocycles. The Bertz CT molecular complexity index is 557. The fraction of sp³-hybridized carbons (Fsp3) is 0.562. The van der Waals surface area contributed by atoms with E-state index in [1.165, 1.54) is 48.9 Å². The minimum atomic E-state index is -0.179. The van der Waals surface area contributed by atoms with Gasteiger partial charge in [0.2, 0.25) is 0 Å². The van der Waals surface area contributed by atoms with E-state index < -0.39 is 0 Å². The van der Waals surface area contributed by atoms with Gasteiger partial charge in [-0.2, -0.15) is 11.3 Å². The summed E-state index contributed by atoms with van der Waals surface area (Å²) in [5.74, 6) is 0.499. The lowest BCUT2D eigenvalue weighted by Gasteiger charge is -2.28. The molecule has 1 aliphatic heterocycles. The third-order valence-electron chi connectivity index (χ3n) is 4.99. The topological polar surface area (TPSA) is 38.1 Å². The summed E-state index contributed by atoms with van der Waals surface area (Å²) in [5, 5.41) is 15.1. The summed E-state index contributed by atoms with van der Waals surface area (Å²) in [7, 11) is 0. The number of aliphatic hydroxyl groups excluding tert-OH is 1. The van der Waals surface area contributed by atoms with Crippen molar-refractivity contribution in [3.8, 4) is 11.3 Å². The van der Waals surface area contributed by atoms with Gasteiger partial charge in [-0.3, -0.25) is 0 Å². The van der Waals surface area contributed by atoms with Crippen LogP contribution < -0.4 is 0 Å². The van der Waals surface area contributed by atoms with E-state index in [9.17, 15) is 5.11 Å². The van der Waals surface area contributed by atoms with Crippen LogP contribution in [0.1, 0.15) is 50.1 Å². The molecule has 0 unspecified atom stereocenters. The van der Waals surface area contributed by atoms with Crippen LogP contribution in [0.5, 0.6) is 0 Å². The average Bonchev–Trinajstić information content (AvgIpc) is 3.16. The standard InChI is InChI=1S/C16H20N2OS/c19-16(11-4-2-1-3-5-11)6-14-12-8-20-9-13(12)15-7-17-10-18(14)15/h7-11,14,16,19H,1-6H2/t14-,16+/m1/s1. The maximum Gasteiger partial charge on any atom is 0.0956 e. The monoisotopic (exact) mass is 288 g/mol. The second kappa shape index (κ2) is 5.01. The van der Waals surface area contributed by atoms with Crippen molar-refractivity contribution in [1.82, 2.24) is 9.55 Å². The van der Waals surface area contributed by atoms with Crippen LogP contribution in [0.3, 0.4) is 0 Å². The van der Waals surface area contributed by atoms with Gasteiger partial charge in [-0.25, -0.2) is 4.98 Å². The largest absolute Gasteiger partial charge is 0.393 e. The molecule has 4 rings (SSSR count). The number of aliphatic hydroxyl groups is 1. The quantitative estimate of drug-likeness (QED) is 0.931. The van der Waals surface area contributed by atoms with Gasteiger partial charge in [0.25, 0.3) is 0 Å². The minimum Gasteiger partial charge on any atom is -0.393 e. The molecule has 2 aromatic heterocycles. The summed E-state index contributed by atoms with van der Waals surface area (Å²) < 4.78 is 2.24. The lowest BCUT2D eigenvalue weighted by atomic mass is 9.82. The van der Waals surface area contributed by atoms with Gasteiger partial charge >= 0.3 is 0 Å². The predicted molar refractivity (Wildman–Crippen MR) is 80.9 cm³/mol. The third-order valence-corrected chi connectivity index (χ3v) is 5.75. The molecule has 3 nitrogen and oxygen atoms in total. The molecule has 1 N–H and O–H groups in total. The van der Waals surface area contributed by atoms with Gasteiger partial charge in [-0.1, -0.05) is 19.3 Å². The lowest BCUT2D eigenvalue weighted by molar-refractivity contribution is 0.0687. The molecule has 0 amide bonds. The van der Waals surface area contributed by atoms with E-state index in [0.29, 0.717) is 5.92 Å². The Balaban J connectivity index is 1.57. The van der Waals surface area contributed by atoms with Crippen LogP contribution in [0.4, 0.5) is 0 Å². The van der Waals surface area contributed by atoms with E-state index in [-0.39, 0.29) is 12.1 Å². The number of aromatic nitrogens is 2. The van der Waals surface area contributed by atoms with Gasteiger partial charge in [0.05, 0.1) is 30.4 Å². The van der Waals surface area contributed by atoms with Gasteiger partial charge in [0.15, 0.2) is 0 Å². The van der Waals surface area contributed by atoms with Crippen molar-refractivity contribution in [1.29, 1.82) is 0 Å². The number of hydrogen-bond acceptors (Lipinski definition) is 3. The summed E-state index contributed by atoms with van der Waals surface area (Å²) in [4.78, 5) is 4.28. The van der Waals surface area contributed by atoms with Crippen molar-refractivity contribution >= 4 is 11.3 Å². The zero-order chi connectivity index (χ0) is 13.5. The molecular formula is C16H20N2OS. The molecule has 1 fully saturated rings. The van der Waals surface area contributed by atoms with Gasteiger partial charge in [0.1, 0.15) is 0 Å². The SMILES string of the molecule is O[C@@H](C[C@@H]1c2cscc2-c2cncn21)C1CCCCC1. The second-order valence-electron chi connectivity index (χ2n) is 6.14. The number of imidazole rings is 1. The Hall–Kier alpha value is -1.13. The van der Waals surface area contributed by atoms with Crippen LogP contribution >= 0.6 is 11.3 Å². The zero-order valence-electron chi connectivity index (χ0n) is 11.5. The Morgan fingerprint density at radius 2 is 2.15 bits per heavy atom. The van der Waals surface area contributed by atoms with Crippen molar-refractivity contribution in [2.45, 2.75) is 50.7 Å². The smallest absolute Gasteiger partial charge is 0.0956 e. The summed E-state index contributed by atoms with van der Waals surface area (Å²) in [6.07, 6.45) is 10.8. The number of rotatable bonds is 3. The number of fused-ring (bicyclic) bond motifs is 3. The minimum absolute atomic E-state index is 0.179. The fourth-order valence-electron chi connectivity index (χ4n) is 3.87. The number of nitrogens with zero attached hydrogens (tertiary/aromatic N) is 2. The predicted octanol–water partition coefficient (Wildman–Crippen LogP) is 3.85. The molecule has 106 valence electrons. The average molecular weight is 288 g/mol. The first-order valence-corrected chi connectivity index (χ1v) is 8.55. The van der Waals surface area contributed by atoms with Gasteiger partial charge in [-0.15, -0.1) is 0 Å². The molecule has 3 heterocycles. The first-order valence-electron chi connectivity index (χ1n) is 7.61. The van der Waals surface area contributed by atoms with Crippen molar-refractivity contribution in [3.63, 3.8) is 0 Å². The molecule has 2 aromatic rings. The molecule has 0 bridgehead atoms. The van der Waals surface area contributed by atoms with E-state index in [4.69, 9.17) is 0 Å². The first kappa shape index (κ1) is 12.6. The number of hydrogen-bond donors (Lipinski definition) is 1. The van der Waals surface area contributed by atoms with Crippen molar-refractivity contribution in [2.75, 3.05) is 0 Å². The van der Waals surface area contributed by atoms with Crippen molar-refractivity contribution in [3.05, 3.63) is 28.8 Å². The highest BCUT2D eigenvalue weighted by molar-refractivity contribution is 7.08. The first-order chi connectivity index (χ1) is 9.84. The normalized spacial score (nSPS) is 23.6. The molecule has 4 heteroatoms. The molecule has 2 aliphatic rings. The lowest BCUT2D eigenvalue weighted by Crippen LogP contribution is -2.26. The molecule has 0 spiro atoms. The summed E-state index contributed by atoms with van der Waals surface area (Å²) in [6.45, 7) is 0. The Labute approximate surface area is 123 Å². The van der Waals surface area contributed by atoms with Crippen LogP contribution in [0.2, 0.25) is 0 Å². The molecule has 0 aromatic carbocycles. The van der Waals surface area contributed by atoms with Crippen LogP contribution in [0.25, 0.3) is 11.3 Å². The fourth-order valence-corrected chi connectivity index (χ4v) is 4.76. The summed E-state index contributed by atoms with van der Waals surface area (Å²) >= 11 is 1.75. The van der Waals surface area contributed by atoms with Crippen LogP contribution in [0, 0.1) is 5.92 Å². The molecule has 0 saturated heterocycles. The van der Waals surface area contributed by atoms with E-state index in [1.807, 2.05) is 12.5 Å². The number of thiophene rings is 1. The van der Waals surface area contributed by atoms with E-state index in [1.54, 1.807) is 11.3 Å². The van der Waals surface area contributed by atoms with Crippen LogP contribution in [-0.4, -0.2) is 20.8 Å². The van der Waals surface area contributed by atoms with Gasteiger partial charge < -0.3 is 9.67 Å². The highest BCUT2D eigenvalue weighted by Gasteiger charge is 2.33. The van der Waals surface area contributed by atoms with Crippen molar-refractivity contribution in [2.24, 2.45) is 5.92 Å². The van der Waals surface area contributed by atoms with Crippen molar-refractivity contribution < 1.29 is 5.11 Å². The molecule has 0 radical (unpaired) electrons. The molecular weight excluding hydrogens is 268 g/mol.